The molecule has 11 heteroatoms. The summed E-state index contributed by atoms with van der Waals surface area (Å²) in [5.41, 5.74) is 0. The van der Waals surface area contributed by atoms with E-state index in [0.29, 0.717) is 0 Å². The first kappa shape index (κ1) is 19.8. The number of aliphatic hydroxyl groups excluding tert-OH is 6. The van der Waals surface area contributed by atoms with E-state index in [1.165, 1.54) is 7.11 Å². The van der Waals surface area contributed by atoms with Gasteiger partial charge in [0.2, 0.25) is 0 Å². The molecule has 6 N–H and O–H groups in total. The summed E-state index contributed by atoms with van der Waals surface area (Å²) >= 11 is 0. The lowest BCUT2D eigenvalue weighted by molar-refractivity contribution is -0.324. The zero-order chi connectivity index (χ0) is 18.0. The molecule has 0 spiro atoms. The van der Waals surface area contributed by atoms with Crippen molar-refractivity contribution in [2.75, 3.05) is 20.3 Å². The van der Waals surface area contributed by atoms with Crippen LogP contribution < -0.4 is 0 Å². The van der Waals surface area contributed by atoms with Crippen molar-refractivity contribution in [1.82, 2.24) is 0 Å². The lowest BCUT2D eigenvalue weighted by Crippen LogP contribution is -2.61. The predicted molar refractivity (Wildman–Crippen MR) is 72.3 cm³/mol. The van der Waals surface area contributed by atoms with Gasteiger partial charge in [0.05, 0.1) is 13.2 Å². The van der Waals surface area contributed by atoms with E-state index in [2.05, 4.69) is 0 Å². The summed E-state index contributed by atoms with van der Waals surface area (Å²) in [4.78, 5) is 0. The Hall–Kier alpha value is -0.470. The van der Waals surface area contributed by atoms with Crippen LogP contribution in [-0.2, 0) is 18.9 Å². The molecule has 0 saturated carbocycles. The highest BCUT2D eigenvalue weighted by atomic mass is 19.1. The number of halogens is 1. The van der Waals surface area contributed by atoms with Crippen LogP contribution in [0.1, 0.15) is 0 Å². The van der Waals surface area contributed by atoms with Gasteiger partial charge < -0.3 is 49.6 Å². The smallest absolute Gasteiger partial charge is 0.187 e. The SMILES string of the molecule is CO[C@@H]1O[C@H](CO[C@@H]2O[C@H](CO)[C@H](O)[C@H](F)[C@H]2O)[C@H](O)[C@H](O)[C@H]1O. The minimum Gasteiger partial charge on any atom is -0.394 e. The van der Waals surface area contributed by atoms with Crippen LogP contribution in [-0.4, -0.2) is 112 Å². The van der Waals surface area contributed by atoms with Crippen molar-refractivity contribution < 1.29 is 54.0 Å². The van der Waals surface area contributed by atoms with Crippen LogP contribution in [0.2, 0.25) is 0 Å². The van der Waals surface area contributed by atoms with Gasteiger partial charge in [-0.25, -0.2) is 4.39 Å². The van der Waals surface area contributed by atoms with E-state index >= 15 is 0 Å². The Labute approximate surface area is 136 Å². The van der Waals surface area contributed by atoms with Gasteiger partial charge in [0.15, 0.2) is 18.8 Å². The molecular formula is C13H23FO10. The highest BCUT2D eigenvalue weighted by Gasteiger charge is 2.47. The second kappa shape index (κ2) is 8.27. The van der Waals surface area contributed by atoms with Crippen molar-refractivity contribution in [2.45, 2.75) is 61.5 Å². The maximum absolute atomic E-state index is 13.8. The number of hydrogen-bond donors (Lipinski definition) is 6. The molecule has 2 saturated heterocycles. The average molecular weight is 358 g/mol. The quantitative estimate of drug-likeness (QED) is 0.288. The molecule has 2 fully saturated rings. The third-order valence-corrected chi connectivity index (χ3v) is 4.13. The van der Waals surface area contributed by atoms with Gasteiger partial charge in [0.25, 0.3) is 0 Å². The molecule has 0 aromatic heterocycles. The van der Waals surface area contributed by atoms with Crippen molar-refractivity contribution in [1.29, 1.82) is 0 Å². The van der Waals surface area contributed by atoms with Crippen molar-refractivity contribution in [3.8, 4) is 0 Å². The fourth-order valence-electron chi connectivity index (χ4n) is 2.62. The largest absolute Gasteiger partial charge is 0.394 e. The van der Waals surface area contributed by atoms with E-state index in [1.807, 2.05) is 0 Å². The first-order chi connectivity index (χ1) is 11.3. The summed E-state index contributed by atoms with van der Waals surface area (Å²) in [5.74, 6) is 0. The molecule has 10 atom stereocenters. The van der Waals surface area contributed by atoms with Crippen LogP contribution in [0.15, 0.2) is 0 Å². The Bertz CT molecular complexity index is 361. The maximum atomic E-state index is 13.8. The molecule has 0 aliphatic carbocycles. The number of hydrogen-bond acceptors (Lipinski definition) is 10. The Kier molecular flexibility index (Phi) is 6.84. The van der Waals surface area contributed by atoms with E-state index in [9.17, 15) is 29.9 Å². The van der Waals surface area contributed by atoms with Gasteiger partial charge in [-0.1, -0.05) is 0 Å². The van der Waals surface area contributed by atoms with E-state index in [0.717, 1.165) is 0 Å². The molecule has 0 amide bonds. The molecule has 2 heterocycles. The molecule has 0 aromatic carbocycles. The molecule has 2 rings (SSSR count). The molecule has 0 unspecified atom stereocenters. The zero-order valence-corrected chi connectivity index (χ0v) is 12.9. The van der Waals surface area contributed by atoms with Crippen LogP contribution in [0.5, 0.6) is 0 Å². The Balaban J connectivity index is 1.96. The fourth-order valence-corrected chi connectivity index (χ4v) is 2.62. The van der Waals surface area contributed by atoms with Crippen LogP contribution in [0.25, 0.3) is 0 Å². The lowest BCUT2D eigenvalue weighted by Gasteiger charge is -2.42. The molecule has 2 aliphatic heterocycles. The Morgan fingerprint density at radius 3 is 2.04 bits per heavy atom. The number of rotatable bonds is 5. The summed E-state index contributed by atoms with van der Waals surface area (Å²) in [6.45, 7) is -1.12. The lowest BCUT2D eigenvalue weighted by atomic mass is 9.99. The third-order valence-electron chi connectivity index (χ3n) is 4.13. The topological polar surface area (TPSA) is 158 Å². The first-order valence-corrected chi connectivity index (χ1v) is 7.42. The number of aliphatic hydroxyl groups is 6. The highest BCUT2D eigenvalue weighted by Crippen LogP contribution is 2.26. The number of methoxy groups -OCH3 is 1. The molecule has 0 radical (unpaired) electrons. The summed E-state index contributed by atoms with van der Waals surface area (Å²) < 4.78 is 34.1. The number of ether oxygens (including phenoxy) is 4. The van der Waals surface area contributed by atoms with Crippen LogP contribution in [0, 0.1) is 0 Å². The number of alkyl halides is 1. The monoisotopic (exact) mass is 358 g/mol. The van der Waals surface area contributed by atoms with Gasteiger partial charge in [0, 0.05) is 7.11 Å². The summed E-state index contributed by atoms with van der Waals surface area (Å²) in [5, 5.41) is 57.5. The van der Waals surface area contributed by atoms with E-state index in [1.54, 1.807) is 0 Å². The molecule has 0 bridgehead atoms. The summed E-state index contributed by atoms with van der Waals surface area (Å²) in [7, 11) is 1.23. The minimum absolute atomic E-state index is 0.437. The molecule has 142 valence electrons. The van der Waals surface area contributed by atoms with Crippen LogP contribution in [0.3, 0.4) is 0 Å². The highest BCUT2D eigenvalue weighted by molar-refractivity contribution is 4.91. The maximum Gasteiger partial charge on any atom is 0.187 e. The van der Waals surface area contributed by atoms with Gasteiger partial charge in [-0.2, -0.15) is 0 Å². The molecule has 24 heavy (non-hydrogen) atoms. The average Bonchev–Trinajstić information content (AvgIpc) is 2.58. The van der Waals surface area contributed by atoms with Gasteiger partial charge in [0.1, 0.15) is 42.7 Å². The predicted octanol–water partition coefficient (Wildman–Crippen LogP) is -3.77. The fraction of sp³-hybridized carbons (Fsp3) is 1.00. The minimum atomic E-state index is -2.10. The van der Waals surface area contributed by atoms with E-state index in [4.69, 9.17) is 24.1 Å². The van der Waals surface area contributed by atoms with Crippen molar-refractivity contribution in [3.05, 3.63) is 0 Å². The molecule has 10 nitrogen and oxygen atoms in total. The van der Waals surface area contributed by atoms with E-state index < -0.39 is 74.7 Å². The van der Waals surface area contributed by atoms with Crippen molar-refractivity contribution in [2.24, 2.45) is 0 Å². The van der Waals surface area contributed by atoms with Crippen LogP contribution >= 0.6 is 0 Å². The van der Waals surface area contributed by atoms with Crippen molar-refractivity contribution in [3.63, 3.8) is 0 Å². The zero-order valence-electron chi connectivity index (χ0n) is 12.9. The Morgan fingerprint density at radius 2 is 1.46 bits per heavy atom. The van der Waals surface area contributed by atoms with Gasteiger partial charge >= 0.3 is 0 Å². The molecule has 0 aromatic rings. The first-order valence-electron chi connectivity index (χ1n) is 7.42. The Morgan fingerprint density at radius 1 is 0.833 bits per heavy atom. The van der Waals surface area contributed by atoms with Gasteiger partial charge in [-0.15, -0.1) is 0 Å². The summed E-state index contributed by atoms with van der Waals surface area (Å²) in [6, 6.07) is 0. The molecular weight excluding hydrogens is 335 g/mol. The third kappa shape index (κ3) is 3.85. The molecule has 2 aliphatic rings. The second-order valence-electron chi connectivity index (χ2n) is 5.73. The summed E-state index contributed by atoms with van der Waals surface area (Å²) in [6.07, 6.45) is -15.4. The normalized spacial score (nSPS) is 50.0. The van der Waals surface area contributed by atoms with Crippen molar-refractivity contribution >= 4 is 0 Å². The van der Waals surface area contributed by atoms with Gasteiger partial charge in [-0.05, 0) is 0 Å². The van der Waals surface area contributed by atoms with Gasteiger partial charge in [-0.3, -0.25) is 0 Å². The standard InChI is InChI=1S/C13H23FO10/c1-21-12-11(20)10(19)8(17)5(24-12)3-22-13-9(18)6(14)7(16)4(2-15)23-13/h4-13,15-20H,2-3H2,1H3/t4-,5-,6+,7+,8+,9-,10+,11-,12-,13-/m1/s1. The van der Waals surface area contributed by atoms with E-state index in [-0.39, 0.29) is 0 Å². The van der Waals surface area contributed by atoms with Crippen LogP contribution in [0.4, 0.5) is 4.39 Å². The second-order valence-corrected chi connectivity index (χ2v) is 5.73.